The van der Waals surface area contributed by atoms with Crippen LogP contribution in [0.3, 0.4) is 0 Å². The highest BCUT2D eigenvalue weighted by Gasteiger charge is 2.18. The number of para-hydroxylation sites is 1. The first-order valence-electron chi connectivity index (χ1n) is 6.33. The molecule has 110 valence electrons. The second-order valence-corrected chi connectivity index (χ2v) is 6.58. The summed E-state index contributed by atoms with van der Waals surface area (Å²) in [5.41, 5.74) is 1.08. The van der Waals surface area contributed by atoms with Crippen molar-refractivity contribution in [3.8, 4) is 0 Å². The summed E-state index contributed by atoms with van der Waals surface area (Å²) in [7, 11) is -3.72. The maximum Gasteiger partial charge on any atom is 0.279 e. The maximum absolute atomic E-state index is 12.4. The first-order valence-corrected chi connectivity index (χ1v) is 8.19. The van der Waals surface area contributed by atoms with E-state index in [0.717, 1.165) is 5.39 Å². The number of hydrogen-bond donors (Lipinski definition) is 3. The minimum atomic E-state index is -3.72. The van der Waals surface area contributed by atoms with E-state index in [1.165, 1.54) is 6.20 Å². The lowest BCUT2D eigenvalue weighted by molar-refractivity contribution is 0.598. The molecule has 1 aromatic carbocycles. The Kier molecular flexibility index (Phi) is 3.38. The molecule has 0 fully saturated rings. The Bertz CT molecular complexity index is 898. The Hall–Kier alpha value is -1.99. The zero-order valence-corrected chi connectivity index (χ0v) is 12.7. The van der Waals surface area contributed by atoms with Gasteiger partial charge in [0.15, 0.2) is 5.03 Å². The van der Waals surface area contributed by atoms with Crippen LogP contribution in [-0.4, -0.2) is 23.4 Å². The van der Waals surface area contributed by atoms with E-state index in [0.29, 0.717) is 28.5 Å². The van der Waals surface area contributed by atoms with Gasteiger partial charge in [0.2, 0.25) is 0 Å². The van der Waals surface area contributed by atoms with Gasteiger partial charge in [0.25, 0.3) is 10.0 Å². The molecule has 2 aromatic heterocycles. The first kappa shape index (κ1) is 14.0. The Morgan fingerprint density at radius 1 is 1.38 bits per heavy atom. The molecule has 3 rings (SSSR count). The molecule has 0 amide bonds. The van der Waals surface area contributed by atoms with Crippen LogP contribution >= 0.6 is 11.6 Å². The fourth-order valence-corrected chi connectivity index (χ4v) is 3.29. The SMILES string of the molecule is CCc1ncc(S(=O)(=O)Nc2cccc3c(Cl)c[nH]c23)[nH]1. The zero-order chi connectivity index (χ0) is 15.0. The van der Waals surface area contributed by atoms with Crippen LogP contribution in [0.15, 0.2) is 35.6 Å². The fraction of sp³-hybridized carbons (Fsp3) is 0.154. The number of anilines is 1. The topological polar surface area (TPSA) is 90.6 Å². The number of fused-ring (bicyclic) bond motifs is 1. The highest BCUT2D eigenvalue weighted by Crippen LogP contribution is 2.29. The van der Waals surface area contributed by atoms with E-state index in [1.54, 1.807) is 18.3 Å². The van der Waals surface area contributed by atoms with E-state index >= 15 is 0 Å². The lowest BCUT2D eigenvalue weighted by Gasteiger charge is -2.07. The molecule has 3 aromatic rings. The number of H-pyrrole nitrogens is 2. The zero-order valence-electron chi connectivity index (χ0n) is 11.1. The molecule has 0 aliphatic carbocycles. The van der Waals surface area contributed by atoms with Crippen LogP contribution in [0.1, 0.15) is 12.7 Å². The van der Waals surface area contributed by atoms with Crippen molar-refractivity contribution in [2.45, 2.75) is 18.4 Å². The summed E-state index contributed by atoms with van der Waals surface area (Å²) in [6.45, 7) is 1.89. The molecule has 0 saturated carbocycles. The molecule has 0 spiro atoms. The number of rotatable bonds is 4. The van der Waals surface area contributed by atoms with E-state index in [2.05, 4.69) is 19.7 Å². The van der Waals surface area contributed by atoms with Gasteiger partial charge in [-0.25, -0.2) is 4.98 Å². The van der Waals surface area contributed by atoms with Crippen LogP contribution in [-0.2, 0) is 16.4 Å². The van der Waals surface area contributed by atoms with Gasteiger partial charge < -0.3 is 9.97 Å². The lowest BCUT2D eigenvalue weighted by atomic mass is 10.2. The molecule has 0 saturated heterocycles. The number of nitrogens with one attached hydrogen (secondary N) is 3. The quantitative estimate of drug-likeness (QED) is 0.689. The monoisotopic (exact) mass is 324 g/mol. The second-order valence-electron chi connectivity index (χ2n) is 4.52. The van der Waals surface area contributed by atoms with E-state index < -0.39 is 10.0 Å². The molecular formula is C13H13ClN4O2S. The van der Waals surface area contributed by atoms with Crippen LogP contribution in [0.25, 0.3) is 10.9 Å². The molecule has 0 unspecified atom stereocenters. The van der Waals surface area contributed by atoms with Gasteiger partial charge in [0.05, 0.1) is 22.4 Å². The highest BCUT2D eigenvalue weighted by atomic mass is 35.5. The van der Waals surface area contributed by atoms with Gasteiger partial charge in [0.1, 0.15) is 5.82 Å². The third-order valence-electron chi connectivity index (χ3n) is 3.14. The summed E-state index contributed by atoms with van der Waals surface area (Å²) in [6, 6.07) is 5.23. The van der Waals surface area contributed by atoms with Crippen molar-refractivity contribution in [3.05, 3.63) is 41.4 Å². The van der Waals surface area contributed by atoms with Crippen LogP contribution in [0.4, 0.5) is 5.69 Å². The van der Waals surface area contributed by atoms with Gasteiger partial charge in [-0.2, -0.15) is 8.42 Å². The largest absolute Gasteiger partial charge is 0.358 e. The average molecular weight is 325 g/mol. The molecule has 8 heteroatoms. The van der Waals surface area contributed by atoms with Crippen LogP contribution in [0.2, 0.25) is 5.02 Å². The van der Waals surface area contributed by atoms with Crippen molar-refractivity contribution in [1.29, 1.82) is 0 Å². The minimum absolute atomic E-state index is 0.0361. The summed E-state index contributed by atoms with van der Waals surface area (Å²) < 4.78 is 27.2. The third-order valence-corrected chi connectivity index (χ3v) is 4.73. The molecule has 0 atom stereocenters. The van der Waals surface area contributed by atoms with Crippen molar-refractivity contribution >= 4 is 38.2 Å². The summed E-state index contributed by atoms with van der Waals surface area (Å²) in [6.07, 6.45) is 3.57. The van der Waals surface area contributed by atoms with Crippen molar-refractivity contribution in [1.82, 2.24) is 15.0 Å². The molecule has 2 heterocycles. The van der Waals surface area contributed by atoms with Gasteiger partial charge in [-0.3, -0.25) is 4.72 Å². The summed E-state index contributed by atoms with van der Waals surface area (Å²) in [5, 5.41) is 1.34. The standard InChI is InChI=1S/C13H13ClN4O2S/c1-2-11-15-7-12(17-11)21(19,20)18-10-5-3-4-8-9(14)6-16-13(8)10/h3-7,16,18H,2H2,1H3,(H,15,17). The molecule has 0 bridgehead atoms. The van der Waals surface area contributed by atoms with E-state index in [9.17, 15) is 8.42 Å². The van der Waals surface area contributed by atoms with Gasteiger partial charge in [0, 0.05) is 18.0 Å². The number of halogens is 1. The normalized spacial score (nSPS) is 11.9. The molecular weight excluding hydrogens is 312 g/mol. The molecule has 0 aliphatic rings. The Balaban J connectivity index is 2.01. The molecule has 3 N–H and O–H groups in total. The highest BCUT2D eigenvalue weighted by molar-refractivity contribution is 7.92. The smallest absolute Gasteiger partial charge is 0.279 e. The molecule has 0 aliphatic heterocycles. The number of aromatic amines is 2. The summed E-state index contributed by atoms with van der Waals surface area (Å²) in [5.74, 6) is 0.622. The van der Waals surface area contributed by atoms with Gasteiger partial charge in [-0.15, -0.1) is 0 Å². The fourth-order valence-electron chi connectivity index (χ4n) is 2.06. The Morgan fingerprint density at radius 2 is 2.19 bits per heavy atom. The second kappa shape index (κ2) is 5.09. The number of nitrogens with zero attached hydrogens (tertiary/aromatic N) is 1. The lowest BCUT2D eigenvalue weighted by Crippen LogP contribution is -2.13. The van der Waals surface area contributed by atoms with Crippen LogP contribution in [0.5, 0.6) is 0 Å². The number of aromatic nitrogens is 3. The number of aryl methyl sites for hydroxylation is 1. The number of imidazole rings is 1. The number of benzene rings is 1. The van der Waals surface area contributed by atoms with Gasteiger partial charge >= 0.3 is 0 Å². The van der Waals surface area contributed by atoms with Crippen molar-refractivity contribution in [3.63, 3.8) is 0 Å². The maximum atomic E-state index is 12.4. The first-order chi connectivity index (χ1) is 10.0. The predicted molar refractivity (Wildman–Crippen MR) is 82.1 cm³/mol. The van der Waals surface area contributed by atoms with Crippen molar-refractivity contribution < 1.29 is 8.42 Å². The Labute approximate surface area is 126 Å². The van der Waals surface area contributed by atoms with E-state index in [1.807, 2.05) is 13.0 Å². The van der Waals surface area contributed by atoms with Crippen LogP contribution in [0, 0.1) is 0 Å². The van der Waals surface area contributed by atoms with E-state index in [-0.39, 0.29) is 5.03 Å². The summed E-state index contributed by atoms with van der Waals surface area (Å²) >= 11 is 6.03. The Morgan fingerprint density at radius 3 is 2.90 bits per heavy atom. The third kappa shape index (κ3) is 2.50. The van der Waals surface area contributed by atoms with Crippen LogP contribution < -0.4 is 4.72 Å². The minimum Gasteiger partial charge on any atom is -0.358 e. The predicted octanol–water partition coefficient (Wildman–Crippen LogP) is 2.91. The van der Waals surface area contributed by atoms with Crippen molar-refractivity contribution in [2.75, 3.05) is 4.72 Å². The van der Waals surface area contributed by atoms with Gasteiger partial charge in [-0.05, 0) is 6.07 Å². The van der Waals surface area contributed by atoms with Gasteiger partial charge in [-0.1, -0.05) is 30.7 Å². The summed E-state index contributed by atoms with van der Waals surface area (Å²) in [4.78, 5) is 9.75. The van der Waals surface area contributed by atoms with Crippen molar-refractivity contribution in [2.24, 2.45) is 0 Å². The average Bonchev–Trinajstić information content (AvgIpc) is 3.07. The molecule has 21 heavy (non-hydrogen) atoms. The number of sulfonamides is 1. The van der Waals surface area contributed by atoms with E-state index in [4.69, 9.17) is 11.6 Å². The molecule has 6 nitrogen and oxygen atoms in total. The molecule has 0 radical (unpaired) electrons. The number of hydrogen-bond acceptors (Lipinski definition) is 3.